The number of rotatable bonds is 2. The van der Waals surface area contributed by atoms with Crippen molar-refractivity contribution in [2.24, 2.45) is 10.7 Å². The van der Waals surface area contributed by atoms with Crippen LogP contribution in [-0.2, 0) is 9.79 Å². The lowest BCUT2D eigenvalue weighted by Crippen LogP contribution is -2.47. The molecule has 10 nitrogen and oxygen atoms in total. The second kappa shape index (κ2) is 4.83. The molecule has 0 amide bonds. The molecule has 21 heavy (non-hydrogen) atoms. The zero-order valence-corrected chi connectivity index (χ0v) is 11.6. The fourth-order valence-corrected chi connectivity index (χ4v) is 2.66. The highest BCUT2D eigenvalue weighted by atomic mass is 32.1. The van der Waals surface area contributed by atoms with E-state index in [9.17, 15) is 15.3 Å². The van der Waals surface area contributed by atoms with Crippen LogP contribution in [0.2, 0.25) is 0 Å². The van der Waals surface area contributed by atoms with Gasteiger partial charge in [-0.15, -0.1) is 12.6 Å². The van der Waals surface area contributed by atoms with Crippen molar-refractivity contribution >= 4 is 24.4 Å². The number of aliphatic hydroxyl groups excluding tert-OH is 3. The van der Waals surface area contributed by atoms with Crippen LogP contribution in [0.5, 0.6) is 0 Å². The molecule has 0 radical (unpaired) electrons. The first-order chi connectivity index (χ1) is 9.85. The lowest BCUT2D eigenvalue weighted by Gasteiger charge is -2.27. The number of imidazole rings is 1. The van der Waals surface area contributed by atoms with Crippen LogP contribution in [0.4, 0.5) is 5.82 Å². The summed E-state index contributed by atoms with van der Waals surface area (Å²) >= 11 is 4.00. The average molecular weight is 317 g/mol. The molecule has 116 valence electrons. The molecular weight excluding hydrogens is 302 g/mol. The summed E-state index contributed by atoms with van der Waals surface area (Å²) in [6.45, 7) is -0.449. The summed E-state index contributed by atoms with van der Waals surface area (Å²) in [5.41, 5.74) is 5.64. The highest BCUT2D eigenvalue weighted by molar-refractivity contribution is 7.81. The van der Waals surface area contributed by atoms with Crippen molar-refractivity contribution < 1.29 is 25.2 Å². The summed E-state index contributed by atoms with van der Waals surface area (Å²) in [5, 5.41) is 39.6. The third-order valence-electron chi connectivity index (χ3n) is 3.42. The fourth-order valence-electron chi connectivity index (χ4n) is 2.39. The smallest absolute Gasteiger partial charge is 0.232 e. The van der Waals surface area contributed by atoms with Gasteiger partial charge in [0.05, 0.1) is 12.9 Å². The van der Waals surface area contributed by atoms with Gasteiger partial charge in [-0.3, -0.25) is 4.57 Å². The van der Waals surface area contributed by atoms with Crippen LogP contribution in [0.25, 0.3) is 0 Å². The molecule has 0 spiro atoms. The number of guanidine groups is 1. The van der Waals surface area contributed by atoms with E-state index in [0.717, 1.165) is 0 Å². The zero-order valence-electron chi connectivity index (χ0n) is 10.7. The number of thiol groups is 1. The molecule has 0 saturated carbocycles. The van der Waals surface area contributed by atoms with E-state index < -0.39 is 36.2 Å². The third kappa shape index (κ3) is 2.18. The maximum Gasteiger partial charge on any atom is 0.232 e. The summed E-state index contributed by atoms with van der Waals surface area (Å²) in [6.07, 6.45) is -3.22. The number of hydrogen-bond acceptors (Lipinski definition) is 10. The molecule has 3 rings (SSSR count). The topological polar surface area (TPSA) is 158 Å². The van der Waals surface area contributed by atoms with Gasteiger partial charge in [-0.25, -0.2) is 4.98 Å². The number of nitrogens with one attached hydrogen (secondary N) is 1. The lowest BCUT2D eigenvalue weighted by atomic mass is 10.1. The Labute approximate surface area is 124 Å². The summed E-state index contributed by atoms with van der Waals surface area (Å²) in [6, 6.07) is 0. The molecule has 5 atom stereocenters. The van der Waals surface area contributed by atoms with Crippen LogP contribution in [0.15, 0.2) is 11.3 Å². The van der Waals surface area contributed by atoms with Gasteiger partial charge in [-0.2, -0.15) is 4.99 Å². The second-order valence-corrected chi connectivity index (χ2v) is 5.49. The molecule has 0 aliphatic carbocycles. The van der Waals surface area contributed by atoms with E-state index in [1.54, 1.807) is 0 Å². The van der Waals surface area contributed by atoms with Crippen LogP contribution in [0.3, 0.4) is 0 Å². The molecule has 2 aliphatic rings. The average Bonchev–Trinajstić information content (AvgIpc) is 2.93. The Balaban J connectivity index is 2.01. The Hall–Kier alpha value is -1.37. The Morgan fingerprint density at radius 1 is 1.48 bits per heavy atom. The van der Waals surface area contributed by atoms with E-state index in [2.05, 4.69) is 27.9 Å². The molecule has 1 aromatic rings. The Morgan fingerprint density at radius 3 is 2.81 bits per heavy atom. The highest BCUT2D eigenvalue weighted by Crippen LogP contribution is 2.38. The largest absolute Gasteiger partial charge is 0.394 e. The van der Waals surface area contributed by atoms with E-state index >= 15 is 0 Å². The van der Waals surface area contributed by atoms with Crippen molar-refractivity contribution in [3.05, 3.63) is 12.0 Å². The SMILES string of the molecule is NC1=Nc2c(ncn2[C@@H]2O[C@H](CO)[C@@H](O)[C@H]2O)C(O)(S)N1. The van der Waals surface area contributed by atoms with E-state index in [1.165, 1.54) is 10.9 Å². The predicted molar refractivity (Wildman–Crippen MR) is 72.5 cm³/mol. The quantitative estimate of drug-likeness (QED) is 0.226. The zero-order chi connectivity index (χ0) is 15.4. The fraction of sp³-hybridized carbons (Fsp3) is 0.600. The van der Waals surface area contributed by atoms with Crippen molar-refractivity contribution in [3.8, 4) is 0 Å². The molecule has 11 heteroatoms. The Kier molecular flexibility index (Phi) is 3.35. The Bertz CT molecular complexity index is 590. The number of ether oxygens (including phenoxy) is 1. The van der Waals surface area contributed by atoms with Crippen molar-refractivity contribution in [2.45, 2.75) is 29.6 Å². The first kappa shape index (κ1) is 14.6. The number of aromatic nitrogens is 2. The molecule has 1 aromatic heterocycles. The number of hydrogen-bond donors (Lipinski definition) is 7. The van der Waals surface area contributed by atoms with Gasteiger partial charge in [0, 0.05) is 0 Å². The lowest BCUT2D eigenvalue weighted by molar-refractivity contribution is -0.0521. The number of aliphatic hydroxyl groups is 4. The summed E-state index contributed by atoms with van der Waals surface area (Å²) < 4.78 is 6.70. The molecule has 0 bridgehead atoms. The van der Waals surface area contributed by atoms with Gasteiger partial charge >= 0.3 is 0 Å². The van der Waals surface area contributed by atoms with Crippen LogP contribution < -0.4 is 11.1 Å². The minimum atomic E-state index is -1.81. The second-order valence-electron chi connectivity index (χ2n) is 4.85. The molecule has 0 aromatic carbocycles. The maximum atomic E-state index is 10.1. The van der Waals surface area contributed by atoms with E-state index in [0.29, 0.717) is 0 Å². The van der Waals surface area contributed by atoms with E-state index in [1.807, 2.05) is 0 Å². The van der Waals surface area contributed by atoms with E-state index in [4.69, 9.17) is 15.6 Å². The molecule has 1 unspecified atom stereocenters. The Morgan fingerprint density at radius 2 is 2.19 bits per heavy atom. The normalized spacial score (nSPS) is 38.8. The summed E-state index contributed by atoms with van der Waals surface area (Å²) in [7, 11) is 0. The van der Waals surface area contributed by atoms with Crippen molar-refractivity contribution in [1.82, 2.24) is 14.9 Å². The highest BCUT2D eigenvalue weighted by Gasteiger charge is 2.46. The van der Waals surface area contributed by atoms with Gasteiger partial charge in [-0.1, -0.05) is 0 Å². The number of nitrogens with zero attached hydrogens (tertiary/aromatic N) is 3. The third-order valence-corrected chi connectivity index (χ3v) is 3.74. The van der Waals surface area contributed by atoms with Crippen molar-refractivity contribution in [2.75, 3.05) is 6.61 Å². The first-order valence-electron chi connectivity index (χ1n) is 6.12. The summed E-state index contributed by atoms with van der Waals surface area (Å²) in [4.78, 5) is 7.97. The molecule has 1 saturated heterocycles. The van der Waals surface area contributed by atoms with Gasteiger partial charge in [0.25, 0.3) is 0 Å². The van der Waals surface area contributed by atoms with E-state index in [-0.39, 0.29) is 17.5 Å². The predicted octanol–water partition coefficient (Wildman–Crippen LogP) is -2.92. The molecule has 1 fully saturated rings. The minimum Gasteiger partial charge on any atom is -0.394 e. The van der Waals surface area contributed by atoms with Crippen molar-refractivity contribution in [1.29, 1.82) is 0 Å². The van der Waals surface area contributed by atoms with Crippen LogP contribution in [0.1, 0.15) is 11.9 Å². The van der Waals surface area contributed by atoms with Crippen molar-refractivity contribution in [3.63, 3.8) is 0 Å². The maximum absolute atomic E-state index is 10.1. The molecule has 2 aliphatic heterocycles. The van der Waals surface area contributed by atoms with Crippen LogP contribution in [-0.4, -0.2) is 60.9 Å². The monoisotopic (exact) mass is 317 g/mol. The van der Waals surface area contributed by atoms with Gasteiger partial charge < -0.3 is 36.2 Å². The van der Waals surface area contributed by atoms with Crippen LogP contribution >= 0.6 is 12.6 Å². The van der Waals surface area contributed by atoms with Crippen LogP contribution in [0, 0.1) is 0 Å². The molecular formula is C10H15N5O5S. The first-order valence-corrected chi connectivity index (χ1v) is 6.56. The number of nitrogens with two attached hydrogens (primary N) is 1. The number of aliphatic imine (C=N–C) groups is 1. The molecule has 3 heterocycles. The van der Waals surface area contributed by atoms with Gasteiger partial charge in [-0.05, 0) is 0 Å². The minimum absolute atomic E-state index is 0.0813. The number of fused-ring (bicyclic) bond motifs is 1. The van der Waals surface area contributed by atoms with Gasteiger partial charge in [0.15, 0.2) is 18.0 Å². The van der Waals surface area contributed by atoms with Gasteiger partial charge in [0.1, 0.15) is 24.0 Å². The standard InChI is InChI=1S/C10H15N5O5S/c11-9-13-7-6(10(19,21)14-9)12-2-15(7)8-5(18)4(17)3(1-16)20-8/h2-5,8,16-19,21H,1H2,(H3,11,13,14)/t3-,4-,5-,8-,10?/m1/s1. The van der Waals surface area contributed by atoms with Gasteiger partial charge in [0.2, 0.25) is 5.06 Å². The summed E-state index contributed by atoms with van der Waals surface area (Å²) in [5.74, 6) is 0.0482. The molecule has 7 N–H and O–H groups in total.